The lowest BCUT2D eigenvalue weighted by molar-refractivity contribution is -0.144. The summed E-state index contributed by atoms with van der Waals surface area (Å²) >= 11 is 3.59. The van der Waals surface area contributed by atoms with Crippen LogP contribution in [0, 0.1) is 77.0 Å². The number of ether oxygens (including phenoxy) is 4. The van der Waals surface area contributed by atoms with Crippen LogP contribution in [0.1, 0.15) is 238 Å². The maximum Gasteiger partial charge on any atom is 0.236 e. The number of aromatic nitrogens is 8. The SMILES string of the molecule is Cc1cc(C)cc(-c2[nH]nc(OCC(C)(C)C(=O)N3C4CCC3CC4)c2CCO)c1.Cc1cc(C)cc(-c2c(CCBr)c(OCC(C)(C)C(=O)N3C4CCC3CC4)nn2C)c1.Cc1cc(C)cc(-c2c(CCN3CCN(CC(=O)N4CCCC4)CC3)c(OCC(C)(C)C(=O)N3C4CCC3CC4)nn2C)c1.Cc1cc(C)cc(-c2c(CCO)c(OCC(C)(C)C(=O)N3C4CCC3CC4)nn2C)c1. The zero-order valence-electron chi connectivity index (χ0n) is 84.9. The first-order chi connectivity index (χ1) is 64.8. The third-order valence-corrected chi connectivity index (χ3v) is 30.9. The van der Waals surface area contributed by atoms with E-state index in [0.29, 0.717) is 104 Å². The van der Waals surface area contributed by atoms with E-state index in [4.69, 9.17) is 29.1 Å². The molecule has 8 aromatic rings. The number of amides is 5. The Hall–Kier alpha value is -9.41. The van der Waals surface area contributed by atoms with Gasteiger partial charge in [-0.15, -0.1) is 20.4 Å². The molecule has 18 rings (SSSR count). The quantitative estimate of drug-likeness (QED) is 0.0341. The number of nitrogens with one attached hydrogen (secondary N) is 1. The number of hydrogen-bond donors (Lipinski definition) is 3. The van der Waals surface area contributed by atoms with Gasteiger partial charge in [0.15, 0.2) is 0 Å². The summed E-state index contributed by atoms with van der Waals surface area (Å²) in [4.78, 5) is 81.6. The molecular formula is C109H154BrN15O11. The van der Waals surface area contributed by atoms with Crippen molar-refractivity contribution in [3.8, 4) is 68.5 Å². The number of alkyl halides is 1. The molecule has 26 nitrogen and oxygen atoms in total. The minimum absolute atomic E-state index is 0.00710. The fourth-order valence-electron chi connectivity index (χ4n) is 23.8. The molecule has 5 amide bonds. The highest BCUT2D eigenvalue weighted by molar-refractivity contribution is 9.09. The highest BCUT2D eigenvalue weighted by atomic mass is 79.9. The lowest BCUT2D eigenvalue weighted by atomic mass is 9.92. The van der Waals surface area contributed by atoms with Gasteiger partial charge in [0.25, 0.3) is 0 Å². The summed E-state index contributed by atoms with van der Waals surface area (Å²) in [6.07, 6.45) is 23.0. The Kier molecular flexibility index (Phi) is 31.7. The predicted molar refractivity (Wildman–Crippen MR) is 538 cm³/mol. The highest BCUT2D eigenvalue weighted by Gasteiger charge is 2.52. The van der Waals surface area contributed by atoms with Crippen molar-refractivity contribution in [1.29, 1.82) is 0 Å². The van der Waals surface area contributed by atoms with Gasteiger partial charge in [-0.3, -0.25) is 48.0 Å². The summed E-state index contributed by atoms with van der Waals surface area (Å²) < 4.78 is 30.7. The van der Waals surface area contributed by atoms with Gasteiger partial charge in [-0.05, 0) is 288 Å². The van der Waals surface area contributed by atoms with Crippen molar-refractivity contribution in [3.05, 3.63) is 140 Å². The number of aliphatic hydroxyl groups excluding tert-OH is 2. The van der Waals surface area contributed by atoms with Crippen LogP contribution < -0.4 is 18.9 Å². The number of aromatic amines is 1. The molecule has 10 fully saturated rings. The van der Waals surface area contributed by atoms with Crippen molar-refractivity contribution in [2.24, 2.45) is 42.8 Å². The Balaban J connectivity index is 0.000000140. The van der Waals surface area contributed by atoms with E-state index < -0.39 is 21.7 Å². The standard InChI is InChI=1S/C35H52N6O3.C25H34BrN3O2.C25H35N3O3.C24H33N3O3/c1-25-20-26(2)22-27(21-25)32-30(12-15-38-16-18-39(19-17-38)23-31(42)40-13-6-7-14-40)33(36-37(32)5)44-24-35(3,4)34(43)41-28-8-9-29(41)11-10-28;1-16-12-17(2)14-18(13-16)22-21(10-11-26)23(27-28(22)5)31-15-25(3,4)24(30)29-19-6-7-20(29)9-8-19;1-16-12-17(2)14-18(13-16)22-21(10-11-29)23(26-27(22)5)31-15-25(3,4)24(30)28-19-6-7-20(28)9-8-19;1-15-11-16(2)13-17(12-15)21-20(9-10-28)22(26-25-21)30-14-24(3,4)23(29)27-18-5-6-19(27)8-7-18/h20-22,28-29H,6-19,23-24H2,1-5H3;12-14,19-20H,6-11,15H2,1-5H3;12-14,19-20,29H,6-11,15H2,1-5H3;11-13,18-19,28H,5-10,14H2,1-4H3,(H,25,26). The highest BCUT2D eigenvalue weighted by Crippen LogP contribution is 2.47. The van der Waals surface area contributed by atoms with Crippen LogP contribution in [0.2, 0.25) is 0 Å². The van der Waals surface area contributed by atoms with Gasteiger partial charge in [-0.1, -0.05) is 84.7 Å². The summed E-state index contributed by atoms with van der Waals surface area (Å²) in [7, 11) is 5.87. The van der Waals surface area contributed by atoms with Crippen molar-refractivity contribution in [2.75, 3.05) is 97.3 Å². The van der Waals surface area contributed by atoms with Crippen LogP contribution in [0.15, 0.2) is 72.8 Å². The number of nitrogens with zero attached hydrogens (tertiary/aromatic N) is 14. The third kappa shape index (κ3) is 22.5. The number of aliphatic hydroxyl groups is 2. The molecule has 0 aliphatic carbocycles. The second-order valence-electron chi connectivity index (χ2n) is 43.9. The van der Waals surface area contributed by atoms with E-state index in [1.807, 2.05) is 95.5 Å². The summed E-state index contributed by atoms with van der Waals surface area (Å²) in [5, 5.41) is 41.9. The first kappa shape index (κ1) is 101. The summed E-state index contributed by atoms with van der Waals surface area (Å²) in [5.41, 5.74) is 19.5. The number of piperazine rings is 1. The van der Waals surface area contributed by atoms with Crippen LogP contribution in [0.4, 0.5) is 0 Å². The summed E-state index contributed by atoms with van der Waals surface area (Å²) in [6, 6.07) is 29.3. The normalized spacial score (nSPS) is 21.3. The van der Waals surface area contributed by atoms with Crippen molar-refractivity contribution >= 4 is 45.5 Å². The molecule has 10 aliphatic heterocycles. The van der Waals surface area contributed by atoms with Gasteiger partial charge in [0.1, 0.15) is 26.4 Å². The van der Waals surface area contributed by atoms with E-state index in [2.05, 4.69) is 189 Å². The van der Waals surface area contributed by atoms with Gasteiger partial charge in [0, 0.05) is 191 Å². The first-order valence-electron chi connectivity index (χ1n) is 50.7. The molecule has 0 spiro atoms. The van der Waals surface area contributed by atoms with Crippen LogP contribution in [0.3, 0.4) is 0 Å². The van der Waals surface area contributed by atoms with E-state index in [1.165, 1.54) is 44.5 Å². The molecule has 10 saturated heterocycles. The average molecular weight is 1930 g/mol. The number of benzene rings is 4. The van der Waals surface area contributed by atoms with E-state index in [1.54, 1.807) is 0 Å². The van der Waals surface area contributed by atoms with Crippen LogP contribution in [-0.4, -0.2) is 259 Å². The molecule has 27 heteroatoms. The Morgan fingerprint density at radius 1 is 0.360 bits per heavy atom. The molecule has 8 bridgehead atoms. The third-order valence-electron chi connectivity index (χ3n) is 30.5. The molecular weight excluding hydrogens is 1780 g/mol. The van der Waals surface area contributed by atoms with Gasteiger partial charge in [0.05, 0.1) is 51.0 Å². The molecule has 0 unspecified atom stereocenters. The summed E-state index contributed by atoms with van der Waals surface area (Å²) in [6.45, 7) is 40.9. The minimum Gasteiger partial charge on any atom is -0.475 e. The predicted octanol–water partition coefficient (Wildman–Crippen LogP) is 16.8. The van der Waals surface area contributed by atoms with Crippen molar-refractivity contribution in [1.82, 2.24) is 73.8 Å². The number of carbonyl (C=O) groups is 5. The Morgan fingerprint density at radius 2 is 0.625 bits per heavy atom. The van der Waals surface area contributed by atoms with E-state index in [-0.39, 0.29) is 56.0 Å². The molecule has 0 radical (unpaired) electrons. The smallest absolute Gasteiger partial charge is 0.236 e. The van der Waals surface area contributed by atoms with E-state index in [0.717, 1.165) is 247 Å². The maximum absolute atomic E-state index is 13.7. The van der Waals surface area contributed by atoms with Gasteiger partial charge in [-0.2, -0.15) is 0 Å². The molecule has 4 aromatic heterocycles. The Labute approximate surface area is 816 Å². The summed E-state index contributed by atoms with van der Waals surface area (Å²) in [5.74, 6) is 3.36. The van der Waals surface area contributed by atoms with Crippen LogP contribution in [0.25, 0.3) is 45.0 Å². The number of likely N-dealkylation sites (tertiary alicyclic amines) is 1. The molecule has 10 aliphatic rings. The van der Waals surface area contributed by atoms with Crippen LogP contribution >= 0.6 is 15.9 Å². The fourth-order valence-corrected chi connectivity index (χ4v) is 24.2. The fraction of sp³-hybridized carbons (Fsp3) is 0.624. The van der Waals surface area contributed by atoms with Crippen molar-refractivity contribution in [3.63, 3.8) is 0 Å². The lowest BCUT2D eigenvalue weighted by Crippen LogP contribution is -2.50. The molecule has 738 valence electrons. The number of aryl methyl sites for hydroxylation is 11. The average Bonchev–Trinajstić information content (AvgIpc) is 1.62. The Bertz CT molecular complexity index is 5270. The largest absolute Gasteiger partial charge is 0.475 e. The first-order valence-corrected chi connectivity index (χ1v) is 51.8. The zero-order valence-corrected chi connectivity index (χ0v) is 86.5. The number of carbonyl (C=O) groups excluding carboxylic acids is 5. The maximum atomic E-state index is 13.7. The molecule has 14 heterocycles. The number of rotatable bonds is 31. The van der Waals surface area contributed by atoms with Crippen molar-refractivity contribution < 1.29 is 53.1 Å². The molecule has 136 heavy (non-hydrogen) atoms. The van der Waals surface area contributed by atoms with Crippen LogP contribution in [-0.2, 0) is 70.8 Å². The van der Waals surface area contributed by atoms with Gasteiger partial charge in [0.2, 0.25) is 53.1 Å². The second-order valence-corrected chi connectivity index (χ2v) is 44.7. The molecule has 0 atom stereocenters. The van der Waals surface area contributed by atoms with E-state index >= 15 is 0 Å². The van der Waals surface area contributed by atoms with E-state index in [9.17, 15) is 34.2 Å². The number of hydrogen-bond acceptors (Lipinski definition) is 17. The topological polar surface area (TPSA) is 268 Å². The van der Waals surface area contributed by atoms with Gasteiger partial charge in [-0.25, -0.2) is 0 Å². The number of fused-ring (bicyclic) bond motifs is 8. The second kappa shape index (κ2) is 42.7. The Morgan fingerprint density at radius 3 is 0.919 bits per heavy atom. The van der Waals surface area contributed by atoms with Gasteiger partial charge < -0.3 is 58.6 Å². The monoisotopic (exact) mass is 1930 g/mol. The van der Waals surface area contributed by atoms with Crippen LogP contribution in [0.5, 0.6) is 23.5 Å². The molecule has 3 N–H and O–H groups in total. The molecule has 0 saturated carbocycles. The number of H-pyrrole nitrogens is 1. The minimum atomic E-state index is -0.626. The number of halogens is 1. The zero-order chi connectivity index (χ0) is 97.1. The lowest BCUT2D eigenvalue weighted by Gasteiger charge is -2.35. The van der Waals surface area contributed by atoms with Gasteiger partial charge >= 0.3 is 0 Å². The molecule has 4 aromatic carbocycles. The van der Waals surface area contributed by atoms with Crippen molar-refractivity contribution in [2.45, 2.75) is 300 Å².